The van der Waals surface area contributed by atoms with E-state index < -0.39 is 12.2 Å². The van der Waals surface area contributed by atoms with Crippen LogP contribution in [-0.4, -0.2) is 32.0 Å². The van der Waals surface area contributed by atoms with Crippen molar-refractivity contribution in [3.8, 4) is 0 Å². The first-order valence-corrected chi connectivity index (χ1v) is 11.3. The summed E-state index contributed by atoms with van der Waals surface area (Å²) in [7, 11) is 0. The molecule has 158 valence electrons. The van der Waals surface area contributed by atoms with Crippen LogP contribution < -0.4 is 0 Å². The molecule has 6 atom stereocenters. The number of rotatable bonds is 4. The smallest absolute Gasteiger partial charge is 0.0945 e. The number of aliphatic hydroxyl groups excluding tert-OH is 2. The monoisotopic (exact) mass is 396 g/mol. The summed E-state index contributed by atoms with van der Waals surface area (Å²) in [4.78, 5) is 4.20. The fourth-order valence-electron chi connectivity index (χ4n) is 6.49. The molecule has 0 radical (unpaired) electrons. The Bertz CT molecular complexity index is 778. The highest BCUT2D eigenvalue weighted by atomic mass is 16.3. The fraction of sp³-hybridized carbons (Fsp3) is 0.640. The third-order valence-corrected chi connectivity index (χ3v) is 8.08. The predicted molar refractivity (Wildman–Crippen MR) is 116 cm³/mol. The molecule has 0 saturated heterocycles. The molecule has 4 heteroatoms. The van der Waals surface area contributed by atoms with Gasteiger partial charge in [0.2, 0.25) is 0 Å². The Morgan fingerprint density at radius 3 is 2.72 bits per heavy atom. The van der Waals surface area contributed by atoms with E-state index in [4.69, 9.17) is 0 Å². The van der Waals surface area contributed by atoms with Crippen molar-refractivity contribution in [3.63, 3.8) is 0 Å². The van der Waals surface area contributed by atoms with E-state index in [0.29, 0.717) is 35.7 Å². The van der Waals surface area contributed by atoms with Crippen molar-refractivity contribution >= 4 is 0 Å². The maximum Gasteiger partial charge on any atom is 0.0945 e. The van der Waals surface area contributed by atoms with Crippen molar-refractivity contribution in [1.29, 1.82) is 0 Å². The third kappa shape index (κ3) is 4.02. The maximum atomic E-state index is 10.1. The van der Waals surface area contributed by atoms with Gasteiger partial charge in [0.05, 0.1) is 18.5 Å². The molecule has 3 aliphatic carbocycles. The molecule has 3 aliphatic rings. The van der Waals surface area contributed by atoms with E-state index in [1.54, 1.807) is 5.57 Å². The number of aromatic nitrogens is 2. The zero-order valence-corrected chi connectivity index (χ0v) is 17.9. The molecule has 0 bridgehead atoms. The number of fused-ring (bicyclic) bond motifs is 1. The second-order valence-electron chi connectivity index (χ2n) is 9.91. The van der Waals surface area contributed by atoms with Crippen molar-refractivity contribution < 1.29 is 10.2 Å². The Morgan fingerprint density at radius 1 is 1.28 bits per heavy atom. The Morgan fingerprint density at radius 2 is 2.03 bits per heavy atom. The average molecular weight is 397 g/mol. The van der Waals surface area contributed by atoms with Crippen molar-refractivity contribution in [2.24, 2.45) is 23.2 Å². The standard InChI is InChI=1S/C25H36N2O2/c1-17(15-27-12-11-26-16-27)21-8-9-22-20(5-4-10-25(21,22)3)7-6-19-13-23(28)18(2)24(29)14-19/h6-7,11-12,16-17,21-24,28-29H,2,4-5,8-10,13-15H2,1,3H3/b20-7+/t17-,21?,22?,23-,24-,25-/m1/s1. The highest BCUT2D eigenvalue weighted by Gasteiger charge is 2.50. The van der Waals surface area contributed by atoms with Crippen molar-refractivity contribution in [3.05, 3.63) is 54.2 Å². The highest BCUT2D eigenvalue weighted by molar-refractivity contribution is 5.29. The Kier molecular flexibility index (Phi) is 5.85. The number of nitrogens with zero attached hydrogens (tertiary/aromatic N) is 2. The van der Waals surface area contributed by atoms with E-state index in [-0.39, 0.29) is 0 Å². The summed E-state index contributed by atoms with van der Waals surface area (Å²) in [6.07, 6.45) is 16.7. The molecule has 3 fully saturated rings. The SMILES string of the molecule is C=C1[C@H](O)CC(=C/C=C2\CCC[C@@]3(C)C2CCC3[C@H](C)Cn2ccnc2)C[C@H]1O. The fourth-order valence-corrected chi connectivity index (χ4v) is 6.49. The average Bonchev–Trinajstić information content (AvgIpc) is 3.31. The van der Waals surface area contributed by atoms with E-state index in [1.807, 2.05) is 12.5 Å². The molecule has 1 aromatic heterocycles. The second-order valence-corrected chi connectivity index (χ2v) is 9.91. The third-order valence-electron chi connectivity index (χ3n) is 8.08. The van der Waals surface area contributed by atoms with Gasteiger partial charge in [0.25, 0.3) is 0 Å². The predicted octanol–water partition coefficient (Wildman–Crippen LogP) is 4.66. The molecule has 0 spiro atoms. The molecule has 4 rings (SSSR count). The number of allylic oxidation sites excluding steroid dienone is 3. The summed E-state index contributed by atoms with van der Waals surface area (Å²) in [5.41, 5.74) is 3.66. The van der Waals surface area contributed by atoms with Crippen LogP contribution in [0.1, 0.15) is 58.8 Å². The molecule has 1 heterocycles. The van der Waals surface area contributed by atoms with Gasteiger partial charge in [-0.3, -0.25) is 0 Å². The molecule has 29 heavy (non-hydrogen) atoms. The van der Waals surface area contributed by atoms with Crippen LogP contribution in [0.15, 0.2) is 54.2 Å². The zero-order valence-electron chi connectivity index (χ0n) is 17.9. The lowest BCUT2D eigenvalue weighted by Gasteiger charge is -2.44. The highest BCUT2D eigenvalue weighted by Crippen LogP contribution is 2.59. The molecule has 4 nitrogen and oxygen atoms in total. The van der Waals surface area contributed by atoms with Gasteiger partial charge in [0.1, 0.15) is 0 Å². The normalized spacial score (nSPS) is 37.6. The van der Waals surface area contributed by atoms with E-state index in [0.717, 1.165) is 18.0 Å². The summed E-state index contributed by atoms with van der Waals surface area (Å²) in [6, 6.07) is 0. The summed E-state index contributed by atoms with van der Waals surface area (Å²) in [5.74, 6) is 2.05. The Labute approximate surface area is 175 Å². The summed E-state index contributed by atoms with van der Waals surface area (Å²) < 4.78 is 2.22. The minimum Gasteiger partial charge on any atom is -0.388 e. The zero-order chi connectivity index (χ0) is 20.6. The van der Waals surface area contributed by atoms with Crippen LogP contribution >= 0.6 is 0 Å². The van der Waals surface area contributed by atoms with Crippen LogP contribution in [0.2, 0.25) is 0 Å². The molecule has 2 N–H and O–H groups in total. The van der Waals surface area contributed by atoms with E-state index >= 15 is 0 Å². The lowest BCUT2D eigenvalue weighted by Crippen LogP contribution is -2.36. The molecule has 0 aromatic carbocycles. The van der Waals surface area contributed by atoms with Gasteiger partial charge in [-0.1, -0.05) is 43.7 Å². The van der Waals surface area contributed by atoms with Gasteiger partial charge in [-0.25, -0.2) is 4.98 Å². The van der Waals surface area contributed by atoms with Crippen LogP contribution in [0, 0.1) is 23.2 Å². The number of imidazole rings is 1. The molecular formula is C25H36N2O2. The maximum absolute atomic E-state index is 10.1. The Hall–Kier alpha value is -1.65. The lowest BCUT2D eigenvalue weighted by atomic mass is 9.61. The molecule has 3 saturated carbocycles. The molecule has 0 aliphatic heterocycles. The van der Waals surface area contributed by atoms with Gasteiger partial charge in [0.15, 0.2) is 0 Å². The largest absolute Gasteiger partial charge is 0.388 e. The van der Waals surface area contributed by atoms with Crippen LogP contribution in [0.5, 0.6) is 0 Å². The van der Waals surface area contributed by atoms with Crippen LogP contribution in [-0.2, 0) is 6.54 Å². The minimum atomic E-state index is -0.611. The van der Waals surface area contributed by atoms with Crippen LogP contribution in [0.25, 0.3) is 0 Å². The first-order chi connectivity index (χ1) is 13.9. The van der Waals surface area contributed by atoms with Gasteiger partial charge in [-0.15, -0.1) is 0 Å². The summed E-state index contributed by atoms with van der Waals surface area (Å²) in [5, 5.41) is 20.2. The van der Waals surface area contributed by atoms with Gasteiger partial charge in [-0.05, 0) is 73.7 Å². The van der Waals surface area contributed by atoms with Gasteiger partial charge >= 0.3 is 0 Å². The van der Waals surface area contributed by atoms with Crippen molar-refractivity contribution in [1.82, 2.24) is 9.55 Å². The first-order valence-electron chi connectivity index (χ1n) is 11.3. The minimum absolute atomic E-state index is 0.377. The summed E-state index contributed by atoms with van der Waals surface area (Å²) in [6.45, 7) is 9.81. The molecule has 1 aromatic rings. The number of hydrogen-bond donors (Lipinski definition) is 2. The number of aliphatic hydroxyl groups is 2. The van der Waals surface area contributed by atoms with Gasteiger partial charge in [0, 0.05) is 18.9 Å². The number of hydrogen-bond acceptors (Lipinski definition) is 3. The molecule has 0 amide bonds. The van der Waals surface area contributed by atoms with Crippen LogP contribution in [0.4, 0.5) is 0 Å². The van der Waals surface area contributed by atoms with E-state index in [9.17, 15) is 10.2 Å². The van der Waals surface area contributed by atoms with Crippen molar-refractivity contribution in [2.45, 2.75) is 77.5 Å². The van der Waals surface area contributed by atoms with Crippen LogP contribution in [0.3, 0.4) is 0 Å². The molecule has 2 unspecified atom stereocenters. The lowest BCUT2D eigenvalue weighted by molar-refractivity contribution is 0.0908. The second kappa shape index (κ2) is 8.23. The molecular weight excluding hydrogens is 360 g/mol. The quantitative estimate of drug-likeness (QED) is 0.728. The summed E-state index contributed by atoms with van der Waals surface area (Å²) >= 11 is 0. The Balaban J connectivity index is 1.49. The van der Waals surface area contributed by atoms with Gasteiger partial charge in [-0.2, -0.15) is 0 Å². The van der Waals surface area contributed by atoms with E-state index in [1.165, 1.54) is 32.1 Å². The topological polar surface area (TPSA) is 58.3 Å². The van der Waals surface area contributed by atoms with Gasteiger partial charge < -0.3 is 14.8 Å². The van der Waals surface area contributed by atoms with E-state index in [2.05, 4.69) is 48.3 Å². The first kappa shape index (κ1) is 20.6. The van der Waals surface area contributed by atoms with Crippen molar-refractivity contribution in [2.75, 3.05) is 0 Å².